The van der Waals surface area contributed by atoms with Gasteiger partial charge in [-0.1, -0.05) is 25.1 Å². The van der Waals surface area contributed by atoms with Gasteiger partial charge in [0.05, 0.1) is 11.5 Å². The molecule has 0 radical (unpaired) electrons. The Morgan fingerprint density at radius 2 is 1.94 bits per heavy atom. The van der Waals surface area contributed by atoms with Crippen LogP contribution in [0.5, 0.6) is 0 Å². The molecule has 0 aliphatic heterocycles. The molecule has 0 spiro atoms. The number of carbonyl (C=O) groups is 1. The first-order chi connectivity index (χ1) is 7.38. The number of aliphatic carboxylic acids is 1. The number of benzene rings is 1. The van der Waals surface area contributed by atoms with Gasteiger partial charge in [0.2, 0.25) is 0 Å². The molecule has 0 saturated heterocycles. The molecule has 0 aliphatic carbocycles. The van der Waals surface area contributed by atoms with Gasteiger partial charge in [0, 0.05) is 0 Å². The van der Waals surface area contributed by atoms with Gasteiger partial charge in [-0.25, -0.2) is 0 Å². The fourth-order valence-corrected chi connectivity index (χ4v) is 1.59. The van der Waals surface area contributed by atoms with Crippen molar-refractivity contribution in [1.29, 1.82) is 0 Å². The fourth-order valence-electron chi connectivity index (χ4n) is 1.59. The molecule has 2 nitrogen and oxygen atoms in total. The van der Waals surface area contributed by atoms with Gasteiger partial charge in [-0.2, -0.15) is 13.2 Å². The van der Waals surface area contributed by atoms with Gasteiger partial charge in [-0.15, -0.1) is 0 Å². The van der Waals surface area contributed by atoms with Gasteiger partial charge in [0.1, 0.15) is 0 Å². The highest BCUT2D eigenvalue weighted by Gasteiger charge is 2.36. The number of rotatable bonds is 3. The van der Waals surface area contributed by atoms with Crippen molar-refractivity contribution < 1.29 is 23.1 Å². The molecule has 0 saturated carbocycles. The van der Waals surface area contributed by atoms with Crippen LogP contribution in [-0.4, -0.2) is 11.1 Å². The van der Waals surface area contributed by atoms with Gasteiger partial charge in [-0.3, -0.25) is 4.79 Å². The number of carboxylic acid groups (broad SMARTS) is 1. The van der Waals surface area contributed by atoms with Crippen LogP contribution in [-0.2, 0) is 11.0 Å². The molecule has 5 heteroatoms. The van der Waals surface area contributed by atoms with E-state index in [1.807, 2.05) is 0 Å². The Morgan fingerprint density at radius 1 is 1.38 bits per heavy atom. The van der Waals surface area contributed by atoms with E-state index < -0.39 is 23.6 Å². The van der Waals surface area contributed by atoms with Crippen LogP contribution >= 0.6 is 0 Å². The molecule has 1 rings (SSSR count). The van der Waals surface area contributed by atoms with Crippen LogP contribution in [0.4, 0.5) is 13.2 Å². The maximum atomic E-state index is 12.6. The van der Waals surface area contributed by atoms with Crippen molar-refractivity contribution in [1.82, 2.24) is 0 Å². The maximum Gasteiger partial charge on any atom is 0.416 e. The van der Waals surface area contributed by atoms with Crippen molar-refractivity contribution in [3.63, 3.8) is 0 Å². The van der Waals surface area contributed by atoms with Crippen LogP contribution in [0.2, 0.25) is 0 Å². The Bertz CT molecular complexity index is 385. The van der Waals surface area contributed by atoms with Crippen LogP contribution in [0.1, 0.15) is 30.4 Å². The molecule has 0 bridgehead atoms. The van der Waals surface area contributed by atoms with E-state index in [0.717, 1.165) is 6.07 Å². The lowest BCUT2D eigenvalue weighted by Gasteiger charge is -2.16. The van der Waals surface area contributed by atoms with Crippen molar-refractivity contribution in [2.75, 3.05) is 0 Å². The third kappa shape index (κ3) is 2.53. The van der Waals surface area contributed by atoms with Crippen LogP contribution in [0.3, 0.4) is 0 Å². The molecule has 0 amide bonds. The van der Waals surface area contributed by atoms with Crippen molar-refractivity contribution in [2.45, 2.75) is 25.4 Å². The van der Waals surface area contributed by atoms with Crippen molar-refractivity contribution in [3.05, 3.63) is 35.4 Å². The highest BCUT2D eigenvalue weighted by molar-refractivity contribution is 5.76. The van der Waals surface area contributed by atoms with E-state index in [9.17, 15) is 18.0 Å². The van der Waals surface area contributed by atoms with Gasteiger partial charge in [-0.05, 0) is 18.1 Å². The Morgan fingerprint density at radius 3 is 2.38 bits per heavy atom. The van der Waals surface area contributed by atoms with E-state index in [1.54, 1.807) is 6.92 Å². The average molecular weight is 232 g/mol. The van der Waals surface area contributed by atoms with Gasteiger partial charge < -0.3 is 5.11 Å². The molecule has 0 unspecified atom stereocenters. The highest BCUT2D eigenvalue weighted by Crippen LogP contribution is 2.36. The van der Waals surface area contributed by atoms with E-state index in [2.05, 4.69) is 0 Å². The topological polar surface area (TPSA) is 37.3 Å². The number of halogens is 3. The fraction of sp³-hybridized carbons (Fsp3) is 0.364. The average Bonchev–Trinajstić information content (AvgIpc) is 2.17. The standard InChI is InChI=1S/C11H11F3O2/c1-2-7(10(15)16)8-5-3-4-6-9(8)11(12,13)14/h3-7H,2H2,1H3,(H,15,16)/t7-/m1/s1. The summed E-state index contributed by atoms with van der Waals surface area (Å²) >= 11 is 0. The number of alkyl halides is 3. The number of hydrogen-bond acceptors (Lipinski definition) is 1. The normalized spacial score (nSPS) is 13.5. The predicted octanol–water partition coefficient (Wildman–Crippen LogP) is 3.28. The third-order valence-corrected chi connectivity index (χ3v) is 2.35. The Hall–Kier alpha value is -1.52. The zero-order chi connectivity index (χ0) is 12.3. The zero-order valence-corrected chi connectivity index (χ0v) is 8.58. The summed E-state index contributed by atoms with van der Waals surface area (Å²) in [5.41, 5.74) is -1.05. The molecular formula is C11H11F3O2. The van der Waals surface area contributed by atoms with Gasteiger partial charge in [0.25, 0.3) is 0 Å². The molecule has 1 N–H and O–H groups in total. The third-order valence-electron chi connectivity index (χ3n) is 2.35. The van der Waals surface area contributed by atoms with Crippen molar-refractivity contribution >= 4 is 5.97 Å². The summed E-state index contributed by atoms with van der Waals surface area (Å²) < 4.78 is 37.8. The Labute approximate surface area is 90.7 Å². The minimum absolute atomic E-state index is 0.127. The molecule has 1 atom stereocenters. The van der Waals surface area contributed by atoms with E-state index in [0.29, 0.717) is 0 Å². The second kappa shape index (κ2) is 4.55. The maximum absolute atomic E-state index is 12.6. The van der Waals surface area contributed by atoms with Crippen LogP contribution in [0.25, 0.3) is 0 Å². The number of carboxylic acids is 1. The van der Waals surface area contributed by atoms with Crippen molar-refractivity contribution in [2.24, 2.45) is 0 Å². The molecule has 1 aromatic rings. The molecule has 88 valence electrons. The molecule has 0 fully saturated rings. The van der Waals surface area contributed by atoms with Crippen molar-refractivity contribution in [3.8, 4) is 0 Å². The van der Waals surface area contributed by atoms with Gasteiger partial charge >= 0.3 is 12.1 Å². The lowest BCUT2D eigenvalue weighted by molar-refractivity contribution is -0.141. The SMILES string of the molecule is CC[C@@H](C(=O)O)c1ccccc1C(F)(F)F. The molecular weight excluding hydrogens is 221 g/mol. The molecule has 16 heavy (non-hydrogen) atoms. The summed E-state index contributed by atoms with van der Waals surface area (Å²) in [5.74, 6) is -2.35. The van der Waals surface area contributed by atoms with Crippen LogP contribution in [0, 0.1) is 0 Å². The molecule has 1 aromatic carbocycles. The summed E-state index contributed by atoms with van der Waals surface area (Å²) in [5, 5.41) is 8.85. The lowest BCUT2D eigenvalue weighted by atomic mass is 9.92. The Balaban J connectivity index is 3.27. The smallest absolute Gasteiger partial charge is 0.416 e. The quantitative estimate of drug-likeness (QED) is 0.868. The summed E-state index contributed by atoms with van der Waals surface area (Å²) in [6, 6.07) is 4.78. The summed E-state index contributed by atoms with van der Waals surface area (Å²) in [6.45, 7) is 1.55. The summed E-state index contributed by atoms with van der Waals surface area (Å²) in [6.07, 6.45) is -4.39. The van der Waals surface area contributed by atoms with E-state index in [4.69, 9.17) is 5.11 Å². The monoisotopic (exact) mass is 232 g/mol. The van der Waals surface area contributed by atoms with Crippen LogP contribution < -0.4 is 0 Å². The first-order valence-corrected chi connectivity index (χ1v) is 4.76. The molecule has 0 heterocycles. The predicted molar refractivity (Wildman–Crippen MR) is 52.1 cm³/mol. The minimum Gasteiger partial charge on any atom is -0.481 e. The lowest BCUT2D eigenvalue weighted by Crippen LogP contribution is -2.17. The summed E-state index contributed by atoms with van der Waals surface area (Å²) in [4.78, 5) is 10.8. The zero-order valence-electron chi connectivity index (χ0n) is 8.58. The first-order valence-electron chi connectivity index (χ1n) is 4.76. The number of hydrogen-bond donors (Lipinski definition) is 1. The summed E-state index contributed by atoms with van der Waals surface area (Å²) in [7, 11) is 0. The van der Waals surface area contributed by atoms with E-state index >= 15 is 0 Å². The van der Waals surface area contributed by atoms with E-state index in [1.165, 1.54) is 18.2 Å². The molecule has 0 aliphatic rings. The first kappa shape index (κ1) is 12.5. The highest BCUT2D eigenvalue weighted by atomic mass is 19.4. The second-order valence-electron chi connectivity index (χ2n) is 3.38. The second-order valence-corrected chi connectivity index (χ2v) is 3.38. The largest absolute Gasteiger partial charge is 0.481 e. The molecule has 0 aromatic heterocycles. The minimum atomic E-state index is -4.51. The van der Waals surface area contributed by atoms with Gasteiger partial charge in [0.15, 0.2) is 0 Å². The van der Waals surface area contributed by atoms with E-state index in [-0.39, 0.29) is 12.0 Å². The van der Waals surface area contributed by atoms with Crippen LogP contribution in [0.15, 0.2) is 24.3 Å². The Kier molecular flexibility index (Phi) is 3.57.